The molecule has 0 fully saturated rings. The van der Waals surface area contributed by atoms with Gasteiger partial charge in [0.1, 0.15) is 18.1 Å². The van der Waals surface area contributed by atoms with Crippen molar-refractivity contribution in [2.75, 3.05) is 12.4 Å². The molecule has 6 nitrogen and oxygen atoms in total. The van der Waals surface area contributed by atoms with E-state index in [-0.39, 0.29) is 18.1 Å². The number of halogens is 2. The summed E-state index contributed by atoms with van der Waals surface area (Å²) in [6.45, 7) is 1.77. The number of benzene rings is 2. The zero-order valence-electron chi connectivity index (χ0n) is 13.8. The molecule has 2 rings (SSSR count). The lowest BCUT2D eigenvalue weighted by Crippen LogP contribution is -2.37. The van der Waals surface area contributed by atoms with E-state index in [0.29, 0.717) is 11.3 Å². The van der Waals surface area contributed by atoms with E-state index in [1.54, 1.807) is 12.1 Å². The normalized spacial score (nSPS) is 10.6. The molecule has 0 atom stereocenters. The molecule has 0 unspecified atom stereocenters. The van der Waals surface area contributed by atoms with E-state index in [2.05, 4.69) is 5.32 Å². The predicted molar refractivity (Wildman–Crippen MR) is 89.5 cm³/mol. The van der Waals surface area contributed by atoms with Crippen molar-refractivity contribution < 1.29 is 23.4 Å². The van der Waals surface area contributed by atoms with Crippen LogP contribution >= 0.6 is 0 Å². The van der Waals surface area contributed by atoms with Gasteiger partial charge >= 0.3 is 6.03 Å². The second-order valence-corrected chi connectivity index (χ2v) is 5.45. The molecular weight excluding hydrogens is 332 g/mol. The lowest BCUT2D eigenvalue weighted by Gasteiger charge is -2.18. The van der Waals surface area contributed by atoms with Crippen LogP contribution in [-0.4, -0.2) is 23.2 Å². The van der Waals surface area contributed by atoms with Crippen molar-refractivity contribution in [3.05, 3.63) is 53.1 Å². The van der Waals surface area contributed by atoms with E-state index in [1.165, 1.54) is 19.2 Å². The largest absolute Gasteiger partial charge is 0.508 e. The second kappa shape index (κ2) is 7.80. The first-order valence-corrected chi connectivity index (χ1v) is 7.41. The maximum absolute atomic E-state index is 13.1. The molecule has 134 valence electrons. The topological polar surface area (TPSA) is 87.8 Å². The number of nitrogens with two attached hydrogens (primary N) is 1. The molecule has 2 amide bonds. The van der Waals surface area contributed by atoms with Gasteiger partial charge in [0.15, 0.2) is 0 Å². The smallest absolute Gasteiger partial charge is 0.335 e. The SMILES string of the molecule is Cc1cccc(NC(=O)N(C)N)c1COc1ccc(O)cc1C(F)F. The fraction of sp³-hybridized carbons (Fsp3) is 0.235. The monoisotopic (exact) mass is 351 g/mol. The molecule has 0 saturated heterocycles. The average Bonchev–Trinajstić information content (AvgIpc) is 2.55. The standard InChI is InChI=1S/C17H19F2N3O3/c1-10-4-3-5-14(21-17(24)22(2)20)13(10)9-25-15-7-6-11(23)8-12(15)16(18)19/h3-8,16,23H,9,20H2,1-2H3,(H,21,24). The van der Waals surface area contributed by atoms with Gasteiger partial charge in [-0.2, -0.15) is 0 Å². The second-order valence-electron chi connectivity index (χ2n) is 5.45. The van der Waals surface area contributed by atoms with Crippen LogP contribution in [0, 0.1) is 6.92 Å². The van der Waals surface area contributed by atoms with Gasteiger partial charge in [-0.15, -0.1) is 0 Å². The number of aromatic hydroxyl groups is 1. The number of carbonyl (C=O) groups excluding carboxylic acids is 1. The Morgan fingerprint density at radius 1 is 1.36 bits per heavy atom. The number of carbonyl (C=O) groups is 1. The number of anilines is 1. The zero-order chi connectivity index (χ0) is 18.6. The Labute approximate surface area is 143 Å². The minimum atomic E-state index is -2.79. The molecular formula is C17H19F2N3O3. The van der Waals surface area contributed by atoms with Crippen LogP contribution in [0.5, 0.6) is 11.5 Å². The number of phenols is 1. The van der Waals surface area contributed by atoms with Crippen LogP contribution in [0.2, 0.25) is 0 Å². The van der Waals surface area contributed by atoms with Crippen LogP contribution in [-0.2, 0) is 6.61 Å². The van der Waals surface area contributed by atoms with E-state index in [9.17, 15) is 18.7 Å². The quantitative estimate of drug-likeness (QED) is 0.437. The lowest BCUT2D eigenvalue weighted by molar-refractivity contribution is 0.144. The Balaban J connectivity index is 2.25. The maximum Gasteiger partial charge on any atom is 0.335 e. The van der Waals surface area contributed by atoms with Gasteiger partial charge in [0.2, 0.25) is 0 Å². The molecule has 25 heavy (non-hydrogen) atoms. The lowest BCUT2D eigenvalue weighted by atomic mass is 10.1. The molecule has 8 heteroatoms. The number of nitrogens with one attached hydrogen (secondary N) is 1. The van der Waals surface area contributed by atoms with Gasteiger partial charge in [-0.25, -0.2) is 19.4 Å². The summed E-state index contributed by atoms with van der Waals surface area (Å²) in [4.78, 5) is 11.8. The highest BCUT2D eigenvalue weighted by Gasteiger charge is 2.17. The molecule has 0 bridgehead atoms. The van der Waals surface area contributed by atoms with E-state index >= 15 is 0 Å². The molecule has 2 aromatic carbocycles. The number of hydrazine groups is 1. The molecule has 4 N–H and O–H groups in total. The number of hydrogen-bond donors (Lipinski definition) is 3. The molecule has 0 saturated carbocycles. The van der Waals surface area contributed by atoms with Crippen LogP contribution < -0.4 is 15.9 Å². The van der Waals surface area contributed by atoms with Crippen LogP contribution in [0.15, 0.2) is 36.4 Å². The summed E-state index contributed by atoms with van der Waals surface area (Å²) in [6, 6.07) is 8.21. The van der Waals surface area contributed by atoms with Crippen molar-refractivity contribution in [1.29, 1.82) is 0 Å². The third-order valence-electron chi connectivity index (χ3n) is 3.57. The summed E-state index contributed by atoms with van der Waals surface area (Å²) in [5, 5.41) is 12.9. The van der Waals surface area contributed by atoms with Crippen LogP contribution in [0.4, 0.5) is 19.3 Å². The number of ether oxygens (including phenoxy) is 1. The first-order chi connectivity index (χ1) is 11.8. The fourth-order valence-corrected chi connectivity index (χ4v) is 2.20. The maximum atomic E-state index is 13.1. The summed E-state index contributed by atoms with van der Waals surface area (Å²) >= 11 is 0. The van der Waals surface area contributed by atoms with Gasteiger partial charge in [0, 0.05) is 18.3 Å². The number of urea groups is 1. The predicted octanol–water partition coefficient (Wildman–Crippen LogP) is 3.55. The third-order valence-corrected chi connectivity index (χ3v) is 3.57. The Morgan fingerprint density at radius 2 is 2.08 bits per heavy atom. The number of aryl methyl sites for hydroxylation is 1. The van der Waals surface area contributed by atoms with E-state index < -0.39 is 18.0 Å². The molecule has 0 aliphatic heterocycles. The molecule has 0 radical (unpaired) electrons. The Kier molecular flexibility index (Phi) is 5.76. The third kappa shape index (κ3) is 4.57. The van der Waals surface area contributed by atoms with Gasteiger partial charge in [0.05, 0.1) is 5.56 Å². The summed E-state index contributed by atoms with van der Waals surface area (Å²) in [5.41, 5.74) is 1.52. The summed E-state index contributed by atoms with van der Waals surface area (Å²) in [6.07, 6.45) is -2.79. The van der Waals surface area contributed by atoms with Crippen LogP contribution in [0.1, 0.15) is 23.1 Å². The van der Waals surface area contributed by atoms with Gasteiger partial charge in [0.25, 0.3) is 6.43 Å². The van der Waals surface area contributed by atoms with Crippen molar-refractivity contribution in [1.82, 2.24) is 5.01 Å². The van der Waals surface area contributed by atoms with Crippen molar-refractivity contribution >= 4 is 11.7 Å². The Bertz CT molecular complexity index is 767. The summed E-state index contributed by atoms with van der Waals surface area (Å²) < 4.78 is 31.7. The number of nitrogens with zero attached hydrogens (tertiary/aromatic N) is 1. The number of rotatable bonds is 5. The Morgan fingerprint density at radius 3 is 2.72 bits per heavy atom. The number of alkyl halides is 2. The van der Waals surface area contributed by atoms with E-state index in [0.717, 1.165) is 16.6 Å². The van der Waals surface area contributed by atoms with E-state index in [4.69, 9.17) is 10.6 Å². The molecule has 0 spiro atoms. The molecule has 0 aromatic heterocycles. The minimum Gasteiger partial charge on any atom is -0.508 e. The highest BCUT2D eigenvalue weighted by molar-refractivity contribution is 5.89. The van der Waals surface area contributed by atoms with Gasteiger partial charge < -0.3 is 15.2 Å². The van der Waals surface area contributed by atoms with Gasteiger partial charge in [-0.05, 0) is 36.8 Å². The fourth-order valence-electron chi connectivity index (χ4n) is 2.20. The number of phenolic OH excluding ortho intramolecular Hbond substituents is 1. The summed E-state index contributed by atoms with van der Waals surface area (Å²) in [7, 11) is 1.40. The van der Waals surface area contributed by atoms with Crippen molar-refractivity contribution in [2.45, 2.75) is 20.0 Å². The summed E-state index contributed by atoms with van der Waals surface area (Å²) in [5.74, 6) is 5.08. The van der Waals surface area contributed by atoms with Crippen LogP contribution in [0.25, 0.3) is 0 Å². The Hall–Kier alpha value is -2.87. The van der Waals surface area contributed by atoms with Crippen molar-refractivity contribution in [3.8, 4) is 11.5 Å². The molecule has 0 aliphatic rings. The molecule has 0 aliphatic carbocycles. The van der Waals surface area contributed by atoms with Crippen LogP contribution in [0.3, 0.4) is 0 Å². The average molecular weight is 351 g/mol. The van der Waals surface area contributed by atoms with E-state index in [1.807, 2.05) is 13.0 Å². The molecule has 0 heterocycles. The van der Waals surface area contributed by atoms with Gasteiger partial charge in [-0.1, -0.05) is 12.1 Å². The first kappa shape index (κ1) is 18.5. The van der Waals surface area contributed by atoms with Crippen molar-refractivity contribution in [3.63, 3.8) is 0 Å². The highest BCUT2D eigenvalue weighted by Crippen LogP contribution is 2.33. The first-order valence-electron chi connectivity index (χ1n) is 7.41. The number of hydrogen-bond acceptors (Lipinski definition) is 4. The number of amides is 2. The highest BCUT2D eigenvalue weighted by atomic mass is 19.3. The minimum absolute atomic E-state index is 0.0377. The zero-order valence-corrected chi connectivity index (χ0v) is 13.8. The van der Waals surface area contributed by atoms with Crippen molar-refractivity contribution in [2.24, 2.45) is 5.84 Å². The molecule has 2 aromatic rings. The van der Waals surface area contributed by atoms with Gasteiger partial charge in [-0.3, -0.25) is 5.01 Å².